The van der Waals surface area contributed by atoms with Crippen molar-refractivity contribution in [2.45, 2.75) is 11.8 Å². The normalized spacial score (nSPS) is 10.8. The van der Waals surface area contributed by atoms with Gasteiger partial charge >= 0.3 is 10.1 Å². The Kier molecular flexibility index (Phi) is 6.19. The molecule has 0 bridgehead atoms. The average Bonchev–Trinajstić information content (AvgIpc) is 2.61. The summed E-state index contributed by atoms with van der Waals surface area (Å²) in [5, 5.41) is 2.59. The molecule has 0 spiro atoms. The molecule has 1 amide bonds. The summed E-state index contributed by atoms with van der Waals surface area (Å²) in [5.74, 6) is 0.0194. The highest BCUT2D eigenvalue weighted by Crippen LogP contribution is 2.29. The number of amides is 1. The van der Waals surface area contributed by atoms with E-state index >= 15 is 0 Å². The summed E-state index contributed by atoms with van der Waals surface area (Å²) >= 11 is 0. The van der Waals surface area contributed by atoms with Crippen molar-refractivity contribution >= 4 is 16.0 Å². The molecule has 0 aliphatic rings. The summed E-state index contributed by atoms with van der Waals surface area (Å²) in [6.07, 6.45) is 1.53. The Hall–Kier alpha value is -2.80. The minimum absolute atomic E-state index is 0.0888. The number of nitrogens with one attached hydrogen (secondary N) is 1. The maximum Gasteiger partial charge on any atom is 0.339 e. The fourth-order valence-electron chi connectivity index (χ4n) is 2.02. The first-order chi connectivity index (χ1) is 12.0. The van der Waals surface area contributed by atoms with Crippen LogP contribution in [-0.4, -0.2) is 27.5 Å². The zero-order chi connectivity index (χ0) is 18.3. The molecule has 2 aromatic rings. The molecule has 0 aliphatic carbocycles. The van der Waals surface area contributed by atoms with Gasteiger partial charge in [0, 0.05) is 12.1 Å². The van der Waals surface area contributed by atoms with Crippen molar-refractivity contribution in [1.29, 1.82) is 0 Å². The predicted molar refractivity (Wildman–Crippen MR) is 94.4 cm³/mol. The Morgan fingerprint density at radius 2 is 1.88 bits per heavy atom. The second-order valence-electron chi connectivity index (χ2n) is 4.94. The third-order valence-electron chi connectivity index (χ3n) is 3.14. The van der Waals surface area contributed by atoms with Gasteiger partial charge in [0.25, 0.3) is 5.91 Å². The van der Waals surface area contributed by atoms with Crippen LogP contribution in [0.5, 0.6) is 11.5 Å². The Morgan fingerprint density at radius 3 is 2.56 bits per heavy atom. The lowest BCUT2D eigenvalue weighted by Gasteiger charge is -2.12. The van der Waals surface area contributed by atoms with Gasteiger partial charge in [0.15, 0.2) is 11.5 Å². The monoisotopic (exact) mass is 361 g/mol. The van der Waals surface area contributed by atoms with Gasteiger partial charge in [-0.05, 0) is 37.3 Å². The first-order valence-electron chi connectivity index (χ1n) is 7.63. The lowest BCUT2D eigenvalue weighted by atomic mass is 10.2. The Balaban J connectivity index is 2.28. The molecule has 132 valence electrons. The van der Waals surface area contributed by atoms with Crippen LogP contribution in [0.1, 0.15) is 17.3 Å². The van der Waals surface area contributed by atoms with Crippen molar-refractivity contribution in [3.8, 4) is 11.5 Å². The van der Waals surface area contributed by atoms with E-state index in [-0.39, 0.29) is 22.8 Å². The predicted octanol–water partition coefficient (Wildman–Crippen LogP) is 2.77. The molecule has 6 nitrogen and oxygen atoms in total. The molecule has 7 heteroatoms. The number of benzene rings is 2. The minimum Gasteiger partial charge on any atom is -0.490 e. The van der Waals surface area contributed by atoms with E-state index in [9.17, 15) is 13.2 Å². The van der Waals surface area contributed by atoms with E-state index in [0.717, 1.165) is 0 Å². The summed E-state index contributed by atoms with van der Waals surface area (Å²) < 4.78 is 35.6. The summed E-state index contributed by atoms with van der Waals surface area (Å²) in [4.78, 5) is 11.8. The number of rotatable bonds is 8. The number of hydrogen-bond acceptors (Lipinski definition) is 5. The molecule has 0 saturated carbocycles. The Labute approximate surface area is 147 Å². The van der Waals surface area contributed by atoms with E-state index in [1.807, 2.05) is 0 Å². The molecular formula is C18H19NO5S. The number of hydrogen-bond donors (Lipinski definition) is 1. The van der Waals surface area contributed by atoms with Crippen LogP contribution < -0.4 is 14.2 Å². The van der Waals surface area contributed by atoms with Crippen LogP contribution in [0.3, 0.4) is 0 Å². The van der Waals surface area contributed by atoms with Crippen molar-refractivity contribution in [1.82, 2.24) is 5.32 Å². The Morgan fingerprint density at radius 1 is 1.16 bits per heavy atom. The van der Waals surface area contributed by atoms with Crippen LogP contribution in [0.25, 0.3) is 0 Å². The van der Waals surface area contributed by atoms with Crippen molar-refractivity contribution < 1.29 is 22.1 Å². The van der Waals surface area contributed by atoms with Crippen molar-refractivity contribution in [3.05, 3.63) is 66.7 Å². The quantitative estimate of drug-likeness (QED) is 0.577. The standard InChI is InChI=1S/C18H19NO5S/c1-3-12-19-18(20)14-8-7-9-15(13-14)25(21,22)24-17-11-6-5-10-16(17)23-4-2/h3,5-11,13H,1,4,12H2,2H3,(H,19,20). The largest absolute Gasteiger partial charge is 0.490 e. The molecule has 0 radical (unpaired) electrons. The van der Waals surface area contributed by atoms with Gasteiger partial charge in [0.2, 0.25) is 0 Å². The van der Waals surface area contributed by atoms with Gasteiger partial charge < -0.3 is 14.2 Å². The molecule has 0 aliphatic heterocycles. The highest BCUT2D eigenvalue weighted by atomic mass is 32.2. The van der Waals surface area contributed by atoms with Gasteiger partial charge in [0.1, 0.15) is 4.90 Å². The minimum atomic E-state index is -4.11. The third kappa shape index (κ3) is 4.84. The first kappa shape index (κ1) is 18.5. The molecule has 0 heterocycles. The Bertz CT molecular complexity index is 861. The molecular weight excluding hydrogens is 342 g/mol. The maximum absolute atomic E-state index is 12.5. The van der Waals surface area contributed by atoms with E-state index in [4.69, 9.17) is 8.92 Å². The smallest absolute Gasteiger partial charge is 0.339 e. The van der Waals surface area contributed by atoms with Gasteiger partial charge in [-0.25, -0.2) is 0 Å². The lowest BCUT2D eigenvalue weighted by molar-refractivity contribution is 0.0958. The van der Waals surface area contributed by atoms with Gasteiger partial charge in [0.05, 0.1) is 6.61 Å². The van der Waals surface area contributed by atoms with E-state index in [0.29, 0.717) is 12.4 Å². The molecule has 1 N–H and O–H groups in total. The van der Waals surface area contributed by atoms with Gasteiger partial charge in [-0.3, -0.25) is 4.79 Å². The second-order valence-corrected chi connectivity index (χ2v) is 6.49. The summed E-state index contributed by atoms with van der Waals surface area (Å²) in [6.45, 7) is 5.96. The lowest BCUT2D eigenvalue weighted by Crippen LogP contribution is -2.23. The molecule has 0 fully saturated rings. The first-order valence-corrected chi connectivity index (χ1v) is 9.04. The van der Waals surface area contributed by atoms with E-state index in [1.165, 1.54) is 36.4 Å². The highest BCUT2D eigenvalue weighted by molar-refractivity contribution is 7.87. The molecule has 2 rings (SSSR count). The maximum atomic E-state index is 12.5. The highest BCUT2D eigenvalue weighted by Gasteiger charge is 2.20. The third-order valence-corrected chi connectivity index (χ3v) is 4.37. The van der Waals surface area contributed by atoms with E-state index in [2.05, 4.69) is 11.9 Å². The molecule has 0 atom stereocenters. The van der Waals surface area contributed by atoms with Crippen LogP contribution in [0.2, 0.25) is 0 Å². The second kappa shape index (κ2) is 8.34. The SMILES string of the molecule is C=CCNC(=O)c1cccc(S(=O)(=O)Oc2ccccc2OCC)c1. The molecule has 0 unspecified atom stereocenters. The molecule has 2 aromatic carbocycles. The van der Waals surface area contributed by atoms with Crippen molar-refractivity contribution in [2.75, 3.05) is 13.2 Å². The summed E-state index contributed by atoms with van der Waals surface area (Å²) in [7, 11) is -4.11. The van der Waals surface area contributed by atoms with Crippen LogP contribution in [0, 0.1) is 0 Å². The van der Waals surface area contributed by atoms with Crippen LogP contribution >= 0.6 is 0 Å². The van der Waals surface area contributed by atoms with Crippen LogP contribution in [0.4, 0.5) is 0 Å². The van der Waals surface area contributed by atoms with Crippen LogP contribution in [0.15, 0.2) is 66.1 Å². The van der Waals surface area contributed by atoms with Gasteiger partial charge in [-0.2, -0.15) is 8.42 Å². The van der Waals surface area contributed by atoms with Crippen LogP contribution in [-0.2, 0) is 10.1 Å². The molecule has 0 aromatic heterocycles. The fraction of sp³-hybridized carbons (Fsp3) is 0.167. The number of ether oxygens (including phenoxy) is 1. The summed E-state index contributed by atoms with van der Waals surface area (Å²) in [5.41, 5.74) is 0.213. The topological polar surface area (TPSA) is 81.7 Å². The molecule has 0 saturated heterocycles. The average molecular weight is 361 g/mol. The number of para-hydroxylation sites is 2. The van der Waals surface area contributed by atoms with Crippen molar-refractivity contribution in [2.24, 2.45) is 0 Å². The van der Waals surface area contributed by atoms with E-state index in [1.54, 1.807) is 25.1 Å². The number of carbonyl (C=O) groups excluding carboxylic acids is 1. The van der Waals surface area contributed by atoms with Gasteiger partial charge in [-0.15, -0.1) is 6.58 Å². The fourth-order valence-corrected chi connectivity index (χ4v) is 3.01. The molecule has 25 heavy (non-hydrogen) atoms. The van der Waals surface area contributed by atoms with Gasteiger partial charge in [-0.1, -0.05) is 24.3 Å². The zero-order valence-electron chi connectivity index (χ0n) is 13.8. The van der Waals surface area contributed by atoms with Crippen molar-refractivity contribution in [3.63, 3.8) is 0 Å². The number of carbonyl (C=O) groups is 1. The summed E-state index contributed by atoms with van der Waals surface area (Å²) in [6, 6.07) is 12.1. The van der Waals surface area contributed by atoms with E-state index < -0.39 is 16.0 Å². The zero-order valence-corrected chi connectivity index (χ0v) is 14.6.